The SMILES string of the molecule is CNC(/C=C(\C)C(=O)NCc1c(F)cc(F)cc1F)Cc1ccccc1.NN/C(C=O)=C(\C=O)OCc1ccccc1. The van der Waals surface area contributed by atoms with Crippen molar-refractivity contribution >= 4 is 18.5 Å². The van der Waals surface area contributed by atoms with Crippen molar-refractivity contribution in [1.29, 1.82) is 0 Å². The number of ether oxygens (including phenoxy) is 1. The highest BCUT2D eigenvalue weighted by molar-refractivity contribution is 5.92. The summed E-state index contributed by atoms with van der Waals surface area (Å²) in [5, 5.41) is 5.57. The maximum absolute atomic E-state index is 13.6. The molecule has 3 aromatic rings. The second-order valence-corrected chi connectivity index (χ2v) is 8.90. The largest absolute Gasteiger partial charge is 0.483 e. The predicted octanol–water partition coefficient (Wildman–Crippen LogP) is 3.77. The number of carbonyl (C=O) groups is 3. The van der Waals surface area contributed by atoms with Gasteiger partial charge in [0, 0.05) is 35.9 Å². The van der Waals surface area contributed by atoms with Crippen molar-refractivity contribution in [3.8, 4) is 0 Å². The normalized spacial score (nSPS) is 12.2. The number of rotatable bonds is 13. The van der Waals surface area contributed by atoms with Gasteiger partial charge in [-0.15, -0.1) is 0 Å². The quantitative estimate of drug-likeness (QED) is 0.0796. The number of nitrogens with one attached hydrogen (secondary N) is 3. The number of amides is 1. The summed E-state index contributed by atoms with van der Waals surface area (Å²) in [6.45, 7) is 1.47. The van der Waals surface area contributed by atoms with E-state index in [1.807, 2.05) is 60.7 Å². The summed E-state index contributed by atoms with van der Waals surface area (Å²) < 4.78 is 45.3. The van der Waals surface area contributed by atoms with Gasteiger partial charge in [0.1, 0.15) is 29.8 Å². The monoisotopic (exact) mass is 582 g/mol. The van der Waals surface area contributed by atoms with Crippen LogP contribution in [-0.2, 0) is 38.7 Å². The first-order valence-corrected chi connectivity index (χ1v) is 12.8. The molecule has 0 saturated heterocycles. The lowest BCUT2D eigenvalue weighted by Gasteiger charge is -2.14. The van der Waals surface area contributed by atoms with Crippen molar-refractivity contribution in [3.05, 3.63) is 130 Å². The molecule has 222 valence electrons. The van der Waals surface area contributed by atoms with Crippen molar-refractivity contribution in [2.24, 2.45) is 5.84 Å². The van der Waals surface area contributed by atoms with E-state index in [0.717, 1.165) is 11.1 Å². The summed E-state index contributed by atoms with van der Waals surface area (Å²) >= 11 is 0. The fourth-order valence-corrected chi connectivity index (χ4v) is 3.61. The van der Waals surface area contributed by atoms with E-state index in [0.29, 0.717) is 36.7 Å². The third kappa shape index (κ3) is 11.0. The number of hydrogen-bond acceptors (Lipinski definition) is 7. The Morgan fingerprint density at radius 1 is 0.929 bits per heavy atom. The molecule has 0 aliphatic carbocycles. The van der Waals surface area contributed by atoms with Crippen LogP contribution >= 0.6 is 0 Å². The average molecular weight is 583 g/mol. The lowest BCUT2D eigenvalue weighted by atomic mass is 10.0. The van der Waals surface area contributed by atoms with E-state index in [1.54, 1.807) is 20.0 Å². The van der Waals surface area contributed by atoms with Crippen LogP contribution in [0.2, 0.25) is 0 Å². The number of aldehydes is 2. The van der Waals surface area contributed by atoms with Crippen molar-refractivity contribution in [3.63, 3.8) is 0 Å². The molecule has 0 aromatic heterocycles. The second kappa shape index (κ2) is 17.8. The Bertz CT molecular complexity index is 1360. The van der Waals surface area contributed by atoms with Gasteiger partial charge in [-0.3, -0.25) is 20.2 Å². The number of benzene rings is 3. The van der Waals surface area contributed by atoms with Gasteiger partial charge in [-0.2, -0.15) is 0 Å². The van der Waals surface area contributed by atoms with Crippen molar-refractivity contribution in [1.82, 2.24) is 16.1 Å². The Hall–Kier alpha value is -4.74. The van der Waals surface area contributed by atoms with Crippen LogP contribution < -0.4 is 21.9 Å². The highest BCUT2D eigenvalue weighted by Crippen LogP contribution is 2.15. The number of likely N-dealkylation sites (N-methyl/N-ethyl adjacent to an activating group) is 1. The Morgan fingerprint density at radius 3 is 2.00 bits per heavy atom. The molecule has 0 saturated carbocycles. The molecule has 3 aromatic carbocycles. The van der Waals surface area contributed by atoms with Crippen LogP contribution in [0.3, 0.4) is 0 Å². The van der Waals surface area contributed by atoms with Crippen molar-refractivity contribution in [2.45, 2.75) is 32.5 Å². The molecule has 11 heteroatoms. The van der Waals surface area contributed by atoms with Gasteiger partial charge in [0.05, 0.1) is 0 Å². The van der Waals surface area contributed by atoms with Gasteiger partial charge in [-0.25, -0.2) is 13.2 Å². The molecule has 1 unspecified atom stereocenters. The smallest absolute Gasteiger partial charge is 0.246 e. The van der Waals surface area contributed by atoms with Gasteiger partial charge in [0.25, 0.3) is 0 Å². The van der Waals surface area contributed by atoms with Gasteiger partial charge in [0.15, 0.2) is 18.3 Å². The Morgan fingerprint density at radius 2 is 1.50 bits per heavy atom. The Kier molecular flexibility index (Phi) is 14.2. The molecule has 8 nitrogen and oxygen atoms in total. The van der Waals surface area contributed by atoms with Crippen LogP contribution in [0.25, 0.3) is 0 Å². The minimum atomic E-state index is -1.03. The first kappa shape index (κ1) is 33.5. The molecule has 1 atom stereocenters. The maximum Gasteiger partial charge on any atom is 0.246 e. The summed E-state index contributed by atoms with van der Waals surface area (Å²) in [4.78, 5) is 33.3. The van der Waals surface area contributed by atoms with E-state index < -0.39 is 23.4 Å². The van der Waals surface area contributed by atoms with Crippen LogP contribution in [-0.4, -0.2) is 31.6 Å². The molecule has 0 heterocycles. The lowest BCUT2D eigenvalue weighted by molar-refractivity contribution is -0.117. The summed E-state index contributed by atoms with van der Waals surface area (Å²) in [6.07, 6.45) is 3.32. The second-order valence-electron chi connectivity index (χ2n) is 8.90. The minimum Gasteiger partial charge on any atom is -0.483 e. The van der Waals surface area contributed by atoms with Crippen LogP contribution in [0.4, 0.5) is 13.2 Å². The standard InChI is InChI=1S/C20H21F3N2O.C11H12N2O3/c1-13(8-16(24-2)9-14-6-4-3-5-7-14)20(26)25-12-17-18(22)10-15(21)11-19(17)23;12-13-10(6-14)11(7-15)16-8-9-4-2-1-3-5-9/h3-8,10-11,16,24H,9,12H2,1-2H3,(H,25,26);1-7,13H,8,12H2/b13-8+;11-10+. The molecule has 3 rings (SSSR count). The van der Waals surface area contributed by atoms with E-state index in [-0.39, 0.29) is 36.2 Å². The highest BCUT2D eigenvalue weighted by atomic mass is 19.1. The maximum atomic E-state index is 13.6. The van der Waals surface area contributed by atoms with Gasteiger partial charge in [0.2, 0.25) is 5.91 Å². The zero-order chi connectivity index (χ0) is 30.9. The number of carbonyl (C=O) groups excluding carboxylic acids is 3. The summed E-state index contributed by atoms with van der Waals surface area (Å²) in [5.74, 6) is 1.45. The molecule has 1 amide bonds. The molecule has 0 fully saturated rings. The van der Waals surface area contributed by atoms with E-state index in [1.165, 1.54) is 0 Å². The number of allylic oxidation sites excluding steroid dienone is 2. The number of halogens is 3. The zero-order valence-electron chi connectivity index (χ0n) is 23.2. The lowest BCUT2D eigenvalue weighted by Crippen LogP contribution is -2.29. The molecule has 0 spiro atoms. The van der Waals surface area contributed by atoms with Crippen molar-refractivity contribution in [2.75, 3.05) is 7.05 Å². The Balaban J connectivity index is 0.000000330. The van der Waals surface area contributed by atoms with Crippen LogP contribution in [0.15, 0.2) is 95.9 Å². The molecule has 0 aliphatic rings. The summed E-state index contributed by atoms with van der Waals surface area (Å²) in [6, 6.07) is 20.2. The van der Waals surface area contributed by atoms with Gasteiger partial charge in [-0.1, -0.05) is 66.7 Å². The first-order chi connectivity index (χ1) is 20.2. The molecular formula is C31H33F3N4O4. The Labute approximate surface area is 242 Å². The first-order valence-electron chi connectivity index (χ1n) is 12.8. The minimum absolute atomic E-state index is 0.0672. The van der Waals surface area contributed by atoms with Crippen LogP contribution in [0.1, 0.15) is 23.6 Å². The zero-order valence-corrected chi connectivity index (χ0v) is 23.2. The number of hydrazine groups is 1. The molecule has 0 bridgehead atoms. The molecule has 5 N–H and O–H groups in total. The molecule has 0 radical (unpaired) electrons. The van der Waals surface area contributed by atoms with Gasteiger partial charge in [-0.05, 0) is 31.5 Å². The van der Waals surface area contributed by atoms with E-state index in [9.17, 15) is 27.6 Å². The van der Waals surface area contributed by atoms with E-state index in [4.69, 9.17) is 10.6 Å². The predicted molar refractivity (Wildman–Crippen MR) is 153 cm³/mol. The third-order valence-electron chi connectivity index (χ3n) is 5.89. The van der Waals surface area contributed by atoms with E-state index >= 15 is 0 Å². The highest BCUT2D eigenvalue weighted by Gasteiger charge is 2.14. The van der Waals surface area contributed by atoms with E-state index in [2.05, 4.69) is 16.1 Å². The fourth-order valence-electron chi connectivity index (χ4n) is 3.61. The molecule has 0 aliphatic heterocycles. The third-order valence-corrected chi connectivity index (χ3v) is 5.89. The summed E-state index contributed by atoms with van der Waals surface area (Å²) in [7, 11) is 1.79. The van der Waals surface area contributed by atoms with Gasteiger partial charge >= 0.3 is 0 Å². The fraction of sp³-hybridized carbons (Fsp3) is 0.194. The summed E-state index contributed by atoms with van der Waals surface area (Å²) in [5.41, 5.74) is 4.07. The van der Waals surface area contributed by atoms with Crippen molar-refractivity contribution < 1.29 is 32.3 Å². The average Bonchev–Trinajstić information content (AvgIpc) is 2.99. The van der Waals surface area contributed by atoms with Crippen LogP contribution in [0.5, 0.6) is 0 Å². The number of hydrogen-bond donors (Lipinski definition) is 4. The topological polar surface area (TPSA) is 123 Å². The molecular weight excluding hydrogens is 549 g/mol. The van der Waals surface area contributed by atoms with Crippen LogP contribution in [0, 0.1) is 17.5 Å². The molecule has 42 heavy (non-hydrogen) atoms. The number of nitrogens with two attached hydrogens (primary N) is 1. The van der Waals surface area contributed by atoms with Gasteiger partial charge < -0.3 is 20.8 Å².